The summed E-state index contributed by atoms with van der Waals surface area (Å²) >= 11 is -1.84. The minimum absolute atomic E-state index is 0.554. The maximum atomic E-state index is 2.85. The van der Waals surface area contributed by atoms with Crippen molar-refractivity contribution in [3.05, 3.63) is 118 Å². The monoisotopic (exact) mass is 440 g/mol. The van der Waals surface area contributed by atoms with Crippen molar-refractivity contribution in [3.8, 4) is 0 Å². The van der Waals surface area contributed by atoms with Crippen molar-refractivity contribution in [1.82, 2.24) is 0 Å². The summed E-state index contributed by atoms with van der Waals surface area (Å²) in [6, 6.07) is 0. The average molecular weight is 439 g/mol. The molecule has 0 aromatic carbocycles. The first-order valence-corrected chi connectivity index (χ1v) is 15.2. The van der Waals surface area contributed by atoms with E-state index in [1.165, 1.54) is 12.8 Å². The Balaban J connectivity index is 1.62. The van der Waals surface area contributed by atoms with Gasteiger partial charge in [-0.05, 0) is 0 Å². The van der Waals surface area contributed by atoms with Gasteiger partial charge in [0, 0.05) is 0 Å². The molecule has 1 aliphatic heterocycles. The zero-order valence-corrected chi connectivity index (χ0v) is 19.5. The Labute approximate surface area is 180 Å². The van der Waals surface area contributed by atoms with Crippen LogP contribution in [0.15, 0.2) is 118 Å². The molecule has 0 spiro atoms. The molecule has 0 amide bonds. The second kappa shape index (κ2) is 8.75. The third-order valence-corrected chi connectivity index (χ3v) is 14.5. The quantitative estimate of drug-likeness (QED) is 0.422. The van der Waals surface area contributed by atoms with Gasteiger partial charge in [0.25, 0.3) is 0 Å². The van der Waals surface area contributed by atoms with Crippen LogP contribution in [0.4, 0.5) is 0 Å². The standard InChI is InChI=1S/C28H30Ge/c1-5-13-22(14-6-1)26-21-29(25-19-11-4-12-20-25)28(24-17-9-3-10-18-24)27(26)23-15-7-2-8-16-23/h1-13,15,17,19,21-25,29H,14,16,18,20H2. The molecular weight excluding hydrogens is 409 g/mol. The predicted molar refractivity (Wildman–Crippen MR) is 128 cm³/mol. The summed E-state index contributed by atoms with van der Waals surface area (Å²) in [4.78, 5) is 2.85. The van der Waals surface area contributed by atoms with Gasteiger partial charge in [-0.2, -0.15) is 0 Å². The van der Waals surface area contributed by atoms with Gasteiger partial charge in [0.15, 0.2) is 0 Å². The van der Waals surface area contributed by atoms with Crippen LogP contribution >= 0.6 is 0 Å². The first-order chi connectivity index (χ1) is 14.4. The molecule has 0 saturated heterocycles. The number of hydrogen-bond acceptors (Lipinski definition) is 0. The zero-order chi connectivity index (χ0) is 19.5. The Morgan fingerprint density at radius 2 is 1.10 bits per heavy atom. The van der Waals surface area contributed by atoms with Gasteiger partial charge in [0.05, 0.1) is 0 Å². The van der Waals surface area contributed by atoms with Crippen molar-refractivity contribution < 1.29 is 0 Å². The molecule has 4 aliphatic carbocycles. The summed E-state index contributed by atoms with van der Waals surface area (Å²) in [7, 11) is 0. The van der Waals surface area contributed by atoms with E-state index < -0.39 is 14.3 Å². The molecule has 5 unspecified atom stereocenters. The summed E-state index contributed by atoms with van der Waals surface area (Å²) < 4.78 is 2.64. The minimum atomic E-state index is -1.84. The Bertz CT molecular complexity index is 941. The molecule has 5 rings (SSSR count). The van der Waals surface area contributed by atoms with E-state index in [4.69, 9.17) is 0 Å². The molecule has 0 aromatic rings. The summed E-state index contributed by atoms with van der Waals surface area (Å²) in [5, 5.41) is 0. The molecule has 0 bridgehead atoms. The molecule has 1 heteroatoms. The van der Waals surface area contributed by atoms with E-state index in [1.54, 1.807) is 11.1 Å². The normalized spacial score (nSPS) is 35.0. The number of allylic oxidation sites excluding steroid dienone is 19. The summed E-state index contributed by atoms with van der Waals surface area (Å²) in [5.41, 5.74) is 3.41. The van der Waals surface area contributed by atoms with E-state index in [2.05, 4.69) is 102 Å². The van der Waals surface area contributed by atoms with Crippen LogP contribution in [0.3, 0.4) is 0 Å². The van der Waals surface area contributed by atoms with Crippen LogP contribution in [0.1, 0.15) is 25.7 Å². The Kier molecular flexibility index (Phi) is 5.72. The van der Waals surface area contributed by atoms with Crippen LogP contribution in [0.5, 0.6) is 0 Å². The molecule has 0 fully saturated rings. The molecule has 0 radical (unpaired) electrons. The first kappa shape index (κ1) is 18.9. The first-order valence-electron chi connectivity index (χ1n) is 11.2. The fourth-order valence-corrected chi connectivity index (χ4v) is 13.9. The topological polar surface area (TPSA) is 0 Å². The van der Waals surface area contributed by atoms with E-state index >= 15 is 0 Å². The van der Waals surface area contributed by atoms with Crippen molar-refractivity contribution in [2.75, 3.05) is 0 Å². The van der Waals surface area contributed by atoms with Crippen LogP contribution in [0.25, 0.3) is 0 Å². The molecule has 5 aliphatic rings. The SMILES string of the molecule is C1=CCC(C2=[CH][GeH]([CH]3C=CC=CC3)[C](C3C=CC=CC3)=C2C2C=CC=CC2)C=C1. The van der Waals surface area contributed by atoms with Gasteiger partial charge in [0.2, 0.25) is 0 Å². The Morgan fingerprint density at radius 3 is 1.66 bits per heavy atom. The van der Waals surface area contributed by atoms with E-state index in [0.29, 0.717) is 17.8 Å². The molecule has 0 nitrogen and oxygen atoms in total. The van der Waals surface area contributed by atoms with Gasteiger partial charge < -0.3 is 0 Å². The van der Waals surface area contributed by atoms with Gasteiger partial charge in [-0.1, -0.05) is 0 Å². The summed E-state index contributed by atoms with van der Waals surface area (Å²) in [5.74, 6) is 1.72. The summed E-state index contributed by atoms with van der Waals surface area (Å²) in [6.07, 6.45) is 42.1. The molecule has 1 heterocycles. The molecule has 146 valence electrons. The van der Waals surface area contributed by atoms with Gasteiger partial charge in [-0.15, -0.1) is 0 Å². The third-order valence-electron chi connectivity index (χ3n) is 6.93. The van der Waals surface area contributed by atoms with Gasteiger partial charge in [-0.25, -0.2) is 0 Å². The van der Waals surface area contributed by atoms with E-state index in [1.807, 2.05) is 4.41 Å². The van der Waals surface area contributed by atoms with Crippen molar-refractivity contribution in [2.24, 2.45) is 17.8 Å². The van der Waals surface area contributed by atoms with Crippen LogP contribution in [0, 0.1) is 17.8 Å². The molecule has 0 N–H and O–H groups in total. The summed E-state index contributed by atoms with van der Waals surface area (Å²) in [6.45, 7) is 0. The molecular formula is C28H30Ge. The number of rotatable bonds is 4. The molecule has 0 saturated carbocycles. The molecule has 29 heavy (non-hydrogen) atoms. The number of hydrogen-bond donors (Lipinski definition) is 0. The van der Waals surface area contributed by atoms with Gasteiger partial charge in [0.1, 0.15) is 0 Å². The van der Waals surface area contributed by atoms with Crippen LogP contribution < -0.4 is 0 Å². The fourth-order valence-electron chi connectivity index (χ4n) is 5.55. The van der Waals surface area contributed by atoms with Crippen molar-refractivity contribution in [1.29, 1.82) is 0 Å². The van der Waals surface area contributed by atoms with E-state index in [9.17, 15) is 0 Å². The predicted octanol–water partition coefficient (Wildman–Crippen LogP) is 6.81. The Hall–Kier alpha value is -2.06. The Morgan fingerprint density at radius 1 is 0.552 bits per heavy atom. The van der Waals surface area contributed by atoms with Crippen LogP contribution in [-0.2, 0) is 0 Å². The molecule has 5 atom stereocenters. The third kappa shape index (κ3) is 3.88. The van der Waals surface area contributed by atoms with Crippen LogP contribution in [-0.4, -0.2) is 14.3 Å². The maximum absolute atomic E-state index is 2.85. The molecule has 0 aromatic heterocycles. The van der Waals surface area contributed by atoms with Gasteiger partial charge >= 0.3 is 180 Å². The van der Waals surface area contributed by atoms with E-state index in [-0.39, 0.29) is 0 Å². The average Bonchev–Trinajstić information content (AvgIpc) is 3.22. The zero-order valence-electron chi connectivity index (χ0n) is 17.0. The van der Waals surface area contributed by atoms with Crippen molar-refractivity contribution >= 4 is 14.3 Å². The van der Waals surface area contributed by atoms with Crippen LogP contribution in [0.2, 0.25) is 4.75 Å². The van der Waals surface area contributed by atoms with E-state index in [0.717, 1.165) is 17.6 Å². The van der Waals surface area contributed by atoms with Crippen molar-refractivity contribution in [3.63, 3.8) is 0 Å². The van der Waals surface area contributed by atoms with Gasteiger partial charge in [-0.3, -0.25) is 0 Å². The van der Waals surface area contributed by atoms with Crippen molar-refractivity contribution in [2.45, 2.75) is 30.4 Å². The fraction of sp³-hybridized carbons (Fsp3) is 0.286. The second-order valence-corrected chi connectivity index (χ2v) is 14.7. The second-order valence-electron chi connectivity index (χ2n) is 8.70.